The van der Waals surface area contributed by atoms with Gasteiger partial charge in [0.05, 0.1) is 28.2 Å². The van der Waals surface area contributed by atoms with Crippen LogP contribution < -0.4 is 10.6 Å². The van der Waals surface area contributed by atoms with Crippen molar-refractivity contribution in [2.45, 2.75) is 25.7 Å². The Morgan fingerprint density at radius 2 is 1.86 bits per heavy atom. The molecule has 1 fully saturated rings. The molecule has 28 heavy (non-hydrogen) atoms. The first-order chi connectivity index (χ1) is 13.6. The number of hydrogen-bond acceptors (Lipinski definition) is 3. The van der Waals surface area contributed by atoms with E-state index in [1.54, 1.807) is 6.20 Å². The molecule has 1 aromatic heterocycles. The zero-order valence-electron chi connectivity index (χ0n) is 15.8. The summed E-state index contributed by atoms with van der Waals surface area (Å²) in [4.78, 5) is 13.1. The molecule has 0 bridgehead atoms. The summed E-state index contributed by atoms with van der Waals surface area (Å²) in [6, 6.07) is 15.4. The van der Waals surface area contributed by atoms with E-state index >= 15 is 0 Å². The van der Waals surface area contributed by atoms with Crippen molar-refractivity contribution < 1.29 is 4.79 Å². The lowest BCUT2D eigenvalue weighted by Crippen LogP contribution is -2.29. The number of carbonyl (C=O) groups excluding carboxylic acids is 1. The molecule has 1 amide bonds. The molecular weight excluding hydrogens is 372 g/mol. The highest BCUT2D eigenvalue weighted by atomic mass is 35.5. The van der Waals surface area contributed by atoms with Gasteiger partial charge in [0, 0.05) is 11.6 Å². The predicted molar refractivity (Wildman–Crippen MR) is 113 cm³/mol. The number of nitrogens with one attached hydrogen (secondary N) is 2. The van der Waals surface area contributed by atoms with Crippen molar-refractivity contribution in [3.05, 3.63) is 76.6 Å². The van der Waals surface area contributed by atoms with Gasteiger partial charge < -0.3 is 10.6 Å². The first-order valence-electron chi connectivity index (χ1n) is 9.55. The van der Waals surface area contributed by atoms with E-state index in [0.29, 0.717) is 10.6 Å². The van der Waals surface area contributed by atoms with Crippen LogP contribution in [0.2, 0.25) is 5.02 Å². The minimum atomic E-state index is -0.143. The van der Waals surface area contributed by atoms with Crippen LogP contribution in [0.25, 0.3) is 5.69 Å². The van der Waals surface area contributed by atoms with Crippen LogP contribution in [-0.4, -0.2) is 28.8 Å². The third-order valence-electron chi connectivity index (χ3n) is 5.17. The third-order valence-corrected chi connectivity index (χ3v) is 5.49. The number of rotatable bonds is 4. The van der Waals surface area contributed by atoms with E-state index in [1.807, 2.05) is 60.1 Å². The van der Waals surface area contributed by atoms with Crippen LogP contribution in [0.5, 0.6) is 0 Å². The highest BCUT2D eigenvalue weighted by Gasteiger charge is 2.27. The summed E-state index contributed by atoms with van der Waals surface area (Å²) in [7, 11) is 0. The molecule has 4 rings (SSSR count). The van der Waals surface area contributed by atoms with Gasteiger partial charge in [0.25, 0.3) is 5.91 Å². The van der Waals surface area contributed by atoms with E-state index in [4.69, 9.17) is 11.6 Å². The number of para-hydroxylation sites is 1. The van der Waals surface area contributed by atoms with Gasteiger partial charge in [-0.25, -0.2) is 4.68 Å². The number of piperidine rings is 1. The maximum absolute atomic E-state index is 13.1. The predicted octanol–water partition coefficient (Wildman–Crippen LogP) is 4.55. The van der Waals surface area contributed by atoms with Crippen LogP contribution in [0.3, 0.4) is 0 Å². The number of amides is 1. The molecule has 2 N–H and O–H groups in total. The van der Waals surface area contributed by atoms with Crippen LogP contribution >= 0.6 is 11.6 Å². The summed E-state index contributed by atoms with van der Waals surface area (Å²) in [6.45, 7) is 3.88. The van der Waals surface area contributed by atoms with Crippen molar-refractivity contribution >= 4 is 23.2 Å². The molecule has 2 aromatic carbocycles. The third kappa shape index (κ3) is 3.81. The van der Waals surface area contributed by atoms with E-state index in [2.05, 4.69) is 15.7 Å². The summed E-state index contributed by atoms with van der Waals surface area (Å²) >= 11 is 6.43. The average molecular weight is 395 g/mol. The van der Waals surface area contributed by atoms with Crippen molar-refractivity contribution in [2.24, 2.45) is 0 Å². The van der Waals surface area contributed by atoms with Gasteiger partial charge in [0.2, 0.25) is 0 Å². The highest BCUT2D eigenvalue weighted by Crippen LogP contribution is 2.32. The fourth-order valence-corrected chi connectivity index (χ4v) is 3.89. The van der Waals surface area contributed by atoms with Crippen molar-refractivity contribution in [2.75, 3.05) is 18.4 Å². The van der Waals surface area contributed by atoms with Crippen LogP contribution in [0.1, 0.15) is 40.4 Å². The molecule has 1 aliphatic heterocycles. The normalized spacial score (nSPS) is 14.8. The van der Waals surface area contributed by atoms with Crippen LogP contribution in [0.4, 0.5) is 5.69 Å². The Morgan fingerprint density at radius 3 is 2.57 bits per heavy atom. The van der Waals surface area contributed by atoms with Gasteiger partial charge in [0.1, 0.15) is 0 Å². The topological polar surface area (TPSA) is 59.0 Å². The second-order valence-corrected chi connectivity index (χ2v) is 7.56. The fourth-order valence-electron chi connectivity index (χ4n) is 3.67. The molecule has 5 nitrogen and oxygen atoms in total. The Balaban J connectivity index is 1.73. The van der Waals surface area contributed by atoms with E-state index < -0.39 is 0 Å². The molecule has 0 aliphatic carbocycles. The Hall–Kier alpha value is -2.63. The number of halogens is 1. The molecule has 0 saturated carbocycles. The number of anilines is 1. The smallest absolute Gasteiger partial charge is 0.259 e. The molecular formula is C22H23ClN4O. The SMILES string of the molecule is Cc1ccc(NC(=O)c2cnn(-c3ccccc3Cl)c2C2CCNCC2)cc1. The van der Waals surface area contributed by atoms with Crippen LogP contribution in [0.15, 0.2) is 54.7 Å². The van der Waals surface area contributed by atoms with Gasteiger partial charge in [0.15, 0.2) is 0 Å². The first kappa shape index (κ1) is 18.7. The lowest BCUT2D eigenvalue weighted by molar-refractivity contribution is 0.102. The Kier molecular flexibility index (Phi) is 5.46. The number of aryl methyl sites for hydroxylation is 1. The molecule has 0 spiro atoms. The summed E-state index contributed by atoms with van der Waals surface area (Å²) in [5.74, 6) is 0.106. The number of benzene rings is 2. The number of aromatic nitrogens is 2. The van der Waals surface area contributed by atoms with Crippen molar-refractivity contribution in [3.8, 4) is 5.69 Å². The van der Waals surface area contributed by atoms with Crippen molar-refractivity contribution in [3.63, 3.8) is 0 Å². The number of hydrogen-bond donors (Lipinski definition) is 2. The van der Waals surface area contributed by atoms with Gasteiger partial charge in [-0.05, 0) is 57.1 Å². The Labute approximate surface area is 169 Å². The Bertz CT molecular complexity index is 974. The van der Waals surface area contributed by atoms with Gasteiger partial charge >= 0.3 is 0 Å². The molecule has 144 valence electrons. The van der Waals surface area contributed by atoms with Crippen LogP contribution in [0, 0.1) is 6.92 Å². The maximum Gasteiger partial charge on any atom is 0.259 e. The number of nitrogens with zero attached hydrogens (tertiary/aromatic N) is 2. The summed E-state index contributed by atoms with van der Waals surface area (Å²) in [5, 5.41) is 11.6. The van der Waals surface area contributed by atoms with Gasteiger partial charge in [-0.3, -0.25) is 4.79 Å². The average Bonchev–Trinajstić information content (AvgIpc) is 3.16. The standard InChI is InChI=1S/C22H23ClN4O/c1-15-6-8-17(9-7-15)26-22(28)18-14-25-27(20-5-3-2-4-19(20)23)21(18)16-10-12-24-13-11-16/h2-9,14,16,24H,10-13H2,1H3,(H,26,28). The Morgan fingerprint density at radius 1 is 1.14 bits per heavy atom. The zero-order valence-corrected chi connectivity index (χ0v) is 16.5. The van der Waals surface area contributed by atoms with Crippen molar-refractivity contribution in [1.82, 2.24) is 15.1 Å². The summed E-state index contributed by atoms with van der Waals surface area (Å²) < 4.78 is 1.84. The largest absolute Gasteiger partial charge is 0.322 e. The fraction of sp³-hybridized carbons (Fsp3) is 0.273. The molecule has 1 aliphatic rings. The van der Waals surface area contributed by atoms with Gasteiger partial charge in [-0.1, -0.05) is 41.4 Å². The second kappa shape index (κ2) is 8.17. The molecule has 3 aromatic rings. The number of carbonyl (C=O) groups is 1. The zero-order chi connectivity index (χ0) is 19.5. The second-order valence-electron chi connectivity index (χ2n) is 7.15. The van der Waals surface area contributed by atoms with E-state index in [9.17, 15) is 4.79 Å². The van der Waals surface area contributed by atoms with E-state index in [-0.39, 0.29) is 11.8 Å². The minimum absolute atomic E-state index is 0.143. The molecule has 2 heterocycles. The molecule has 6 heteroatoms. The van der Waals surface area contributed by atoms with E-state index in [1.165, 1.54) is 0 Å². The maximum atomic E-state index is 13.1. The van der Waals surface area contributed by atoms with Gasteiger partial charge in [-0.2, -0.15) is 5.10 Å². The monoisotopic (exact) mass is 394 g/mol. The summed E-state index contributed by atoms with van der Waals surface area (Å²) in [6.07, 6.45) is 3.58. The quantitative estimate of drug-likeness (QED) is 0.682. The van der Waals surface area contributed by atoms with Crippen LogP contribution in [-0.2, 0) is 0 Å². The lowest BCUT2D eigenvalue weighted by Gasteiger charge is -2.25. The van der Waals surface area contributed by atoms with Crippen molar-refractivity contribution in [1.29, 1.82) is 0 Å². The molecule has 1 saturated heterocycles. The van der Waals surface area contributed by atoms with E-state index in [0.717, 1.165) is 48.6 Å². The lowest BCUT2D eigenvalue weighted by atomic mass is 9.91. The summed E-state index contributed by atoms with van der Waals surface area (Å²) in [5.41, 5.74) is 4.26. The molecule has 0 atom stereocenters. The highest BCUT2D eigenvalue weighted by molar-refractivity contribution is 6.32. The minimum Gasteiger partial charge on any atom is -0.322 e. The molecule has 0 radical (unpaired) electrons. The first-order valence-corrected chi connectivity index (χ1v) is 9.93. The van der Waals surface area contributed by atoms with Gasteiger partial charge in [-0.15, -0.1) is 0 Å². The molecule has 0 unspecified atom stereocenters.